The van der Waals surface area contributed by atoms with Crippen LogP contribution < -0.4 is 10.2 Å². The number of halogens is 1. The lowest BCUT2D eigenvalue weighted by Crippen LogP contribution is -2.24. The van der Waals surface area contributed by atoms with E-state index in [1.54, 1.807) is 6.21 Å². The van der Waals surface area contributed by atoms with Crippen LogP contribution >= 0.6 is 15.9 Å². The van der Waals surface area contributed by atoms with Gasteiger partial charge in [-0.15, -0.1) is 0 Å². The lowest BCUT2D eigenvalue weighted by Gasteiger charge is -2.06. The predicted octanol–water partition coefficient (Wildman–Crippen LogP) is 4.71. The first kappa shape index (κ1) is 19.2. The summed E-state index contributed by atoms with van der Waals surface area (Å²) in [5, 5.41) is 3.94. The number of hydrogen-bond donors (Lipinski definition) is 1. The second-order valence-corrected chi connectivity index (χ2v) is 6.56. The Morgan fingerprint density at radius 1 is 1.16 bits per heavy atom. The van der Waals surface area contributed by atoms with E-state index >= 15 is 0 Å². The summed E-state index contributed by atoms with van der Waals surface area (Å²) < 4.78 is 6.40. The van der Waals surface area contributed by atoms with Gasteiger partial charge >= 0.3 is 0 Å². The number of rotatable bonds is 9. The van der Waals surface area contributed by atoms with Crippen molar-refractivity contribution in [2.75, 3.05) is 6.61 Å². The van der Waals surface area contributed by atoms with Crippen LogP contribution in [0.1, 0.15) is 37.3 Å². The molecule has 0 aliphatic rings. The van der Waals surface area contributed by atoms with Crippen molar-refractivity contribution in [2.24, 2.45) is 5.10 Å². The minimum Gasteiger partial charge on any atom is -0.484 e. The smallest absolute Gasteiger partial charge is 0.277 e. The number of nitrogens with one attached hydrogen (secondary N) is 1. The number of amides is 1. The van der Waals surface area contributed by atoms with Crippen molar-refractivity contribution in [3.8, 4) is 5.75 Å². The Labute approximate surface area is 157 Å². The highest BCUT2D eigenvalue weighted by Gasteiger charge is 2.02. The number of ether oxygens (including phenoxy) is 1. The molecule has 0 unspecified atom stereocenters. The van der Waals surface area contributed by atoms with Gasteiger partial charge in [-0.05, 0) is 36.6 Å². The molecular weight excluding hydrogens is 380 g/mol. The molecule has 132 valence electrons. The third kappa shape index (κ3) is 7.10. The number of benzene rings is 2. The summed E-state index contributed by atoms with van der Waals surface area (Å²) in [6.45, 7) is 2.13. The van der Waals surface area contributed by atoms with Crippen molar-refractivity contribution < 1.29 is 9.53 Å². The van der Waals surface area contributed by atoms with E-state index in [2.05, 4.69) is 33.4 Å². The molecule has 2 aromatic carbocycles. The van der Waals surface area contributed by atoms with Gasteiger partial charge in [-0.25, -0.2) is 5.43 Å². The van der Waals surface area contributed by atoms with Gasteiger partial charge in [-0.2, -0.15) is 5.10 Å². The molecule has 25 heavy (non-hydrogen) atoms. The molecule has 2 rings (SSSR count). The predicted molar refractivity (Wildman–Crippen MR) is 105 cm³/mol. The molecule has 0 fully saturated rings. The number of carbonyl (C=O) groups excluding carboxylic acids is 1. The van der Waals surface area contributed by atoms with Crippen LogP contribution in [0.3, 0.4) is 0 Å². The fourth-order valence-electron chi connectivity index (χ4n) is 2.27. The molecule has 0 atom stereocenters. The molecular formula is C20H23BrN2O2. The van der Waals surface area contributed by atoms with Gasteiger partial charge in [0.1, 0.15) is 5.75 Å². The molecule has 0 heterocycles. The molecule has 0 aliphatic heterocycles. The molecule has 5 heteroatoms. The molecule has 0 saturated heterocycles. The van der Waals surface area contributed by atoms with E-state index in [1.807, 2.05) is 48.5 Å². The van der Waals surface area contributed by atoms with Gasteiger partial charge in [-0.1, -0.05) is 66.0 Å². The van der Waals surface area contributed by atoms with Gasteiger partial charge in [-0.3, -0.25) is 4.79 Å². The van der Waals surface area contributed by atoms with E-state index in [9.17, 15) is 4.79 Å². The number of hydrazone groups is 1. The quantitative estimate of drug-likeness (QED) is 0.375. The maximum absolute atomic E-state index is 11.8. The standard InChI is InChI=1S/C20H23BrN2O2/c1-2-3-4-7-16-10-12-18(13-11-16)25-15-20(24)23-22-14-17-8-5-6-9-19(17)21/h5-6,8-14H,2-4,7,15H2,1H3,(H,23,24)/b22-14+. The highest BCUT2D eigenvalue weighted by atomic mass is 79.9. The molecule has 0 aromatic heterocycles. The van der Waals surface area contributed by atoms with Crippen LogP contribution in [-0.4, -0.2) is 18.7 Å². The Morgan fingerprint density at radius 3 is 2.64 bits per heavy atom. The summed E-state index contributed by atoms with van der Waals surface area (Å²) in [6, 6.07) is 15.5. The van der Waals surface area contributed by atoms with Gasteiger partial charge < -0.3 is 4.74 Å². The second kappa shape index (κ2) is 10.7. The number of hydrogen-bond acceptors (Lipinski definition) is 3. The first-order valence-electron chi connectivity index (χ1n) is 8.47. The normalized spacial score (nSPS) is 10.8. The van der Waals surface area contributed by atoms with E-state index in [-0.39, 0.29) is 12.5 Å². The van der Waals surface area contributed by atoms with Crippen LogP contribution in [0.4, 0.5) is 0 Å². The summed E-state index contributed by atoms with van der Waals surface area (Å²) in [5.74, 6) is 0.388. The van der Waals surface area contributed by atoms with E-state index in [0.29, 0.717) is 5.75 Å². The number of aryl methyl sites for hydroxylation is 1. The molecule has 1 N–H and O–H groups in total. The van der Waals surface area contributed by atoms with Crippen molar-refractivity contribution in [2.45, 2.75) is 32.6 Å². The van der Waals surface area contributed by atoms with Gasteiger partial charge in [0.15, 0.2) is 6.61 Å². The second-order valence-electron chi connectivity index (χ2n) is 5.70. The average molecular weight is 403 g/mol. The van der Waals surface area contributed by atoms with Crippen LogP contribution in [-0.2, 0) is 11.2 Å². The zero-order valence-electron chi connectivity index (χ0n) is 14.4. The fourth-order valence-corrected chi connectivity index (χ4v) is 2.65. The Hall–Kier alpha value is -2.14. The first-order valence-corrected chi connectivity index (χ1v) is 9.26. The van der Waals surface area contributed by atoms with Crippen molar-refractivity contribution in [3.63, 3.8) is 0 Å². The Balaban J connectivity index is 1.73. The van der Waals surface area contributed by atoms with Crippen LogP contribution in [0.25, 0.3) is 0 Å². The van der Waals surface area contributed by atoms with Crippen molar-refractivity contribution in [1.82, 2.24) is 5.43 Å². The Kier molecular flexibility index (Phi) is 8.19. The fraction of sp³-hybridized carbons (Fsp3) is 0.300. The summed E-state index contributed by atoms with van der Waals surface area (Å²) in [6.07, 6.45) is 6.35. The molecule has 0 aliphatic carbocycles. The zero-order chi connectivity index (χ0) is 17.9. The third-order valence-electron chi connectivity index (χ3n) is 3.66. The summed E-state index contributed by atoms with van der Waals surface area (Å²) in [7, 11) is 0. The van der Waals surface area contributed by atoms with Crippen LogP contribution in [0.2, 0.25) is 0 Å². The Morgan fingerprint density at radius 2 is 1.92 bits per heavy atom. The zero-order valence-corrected chi connectivity index (χ0v) is 16.0. The molecule has 1 amide bonds. The molecule has 4 nitrogen and oxygen atoms in total. The van der Waals surface area contributed by atoms with Gasteiger partial charge in [0.05, 0.1) is 6.21 Å². The molecule has 0 radical (unpaired) electrons. The highest BCUT2D eigenvalue weighted by Crippen LogP contribution is 2.14. The molecule has 0 spiro atoms. The van der Waals surface area contributed by atoms with Gasteiger partial charge in [0.25, 0.3) is 5.91 Å². The third-order valence-corrected chi connectivity index (χ3v) is 4.38. The van der Waals surface area contributed by atoms with Crippen LogP contribution in [0, 0.1) is 0 Å². The van der Waals surface area contributed by atoms with Gasteiger partial charge in [0.2, 0.25) is 0 Å². The number of unbranched alkanes of at least 4 members (excludes halogenated alkanes) is 2. The highest BCUT2D eigenvalue weighted by molar-refractivity contribution is 9.10. The maximum atomic E-state index is 11.8. The lowest BCUT2D eigenvalue weighted by atomic mass is 10.1. The average Bonchev–Trinajstić information content (AvgIpc) is 2.63. The number of carbonyl (C=O) groups is 1. The maximum Gasteiger partial charge on any atom is 0.277 e. The monoisotopic (exact) mass is 402 g/mol. The van der Waals surface area contributed by atoms with Crippen LogP contribution in [0.15, 0.2) is 58.1 Å². The summed E-state index contributed by atoms with van der Waals surface area (Å²) in [5.41, 5.74) is 4.64. The van der Waals surface area contributed by atoms with Crippen molar-refractivity contribution in [1.29, 1.82) is 0 Å². The molecule has 2 aromatic rings. The van der Waals surface area contributed by atoms with Crippen LogP contribution in [0.5, 0.6) is 5.75 Å². The molecule has 0 saturated carbocycles. The van der Waals surface area contributed by atoms with E-state index in [0.717, 1.165) is 16.5 Å². The largest absolute Gasteiger partial charge is 0.484 e. The van der Waals surface area contributed by atoms with Gasteiger partial charge in [0, 0.05) is 10.0 Å². The minimum atomic E-state index is -0.296. The van der Waals surface area contributed by atoms with Crippen molar-refractivity contribution in [3.05, 3.63) is 64.1 Å². The Bertz CT molecular complexity index is 699. The van der Waals surface area contributed by atoms with Crippen molar-refractivity contribution >= 4 is 28.1 Å². The summed E-state index contributed by atoms with van der Waals surface area (Å²) >= 11 is 3.42. The van der Waals surface area contributed by atoms with E-state index < -0.39 is 0 Å². The topological polar surface area (TPSA) is 50.7 Å². The number of nitrogens with zero attached hydrogens (tertiary/aromatic N) is 1. The SMILES string of the molecule is CCCCCc1ccc(OCC(=O)N/N=C/c2ccccc2Br)cc1. The lowest BCUT2D eigenvalue weighted by molar-refractivity contribution is -0.123. The first-order chi connectivity index (χ1) is 12.2. The van der Waals surface area contributed by atoms with E-state index in [4.69, 9.17) is 4.74 Å². The minimum absolute atomic E-state index is 0.0670. The molecule has 0 bridgehead atoms. The summed E-state index contributed by atoms with van der Waals surface area (Å²) in [4.78, 5) is 11.8. The van der Waals surface area contributed by atoms with E-state index in [1.165, 1.54) is 24.8 Å².